The molecule has 2 N–H and O–H groups in total. The minimum absolute atomic E-state index is 0.397. The molecule has 0 aliphatic carbocycles. The highest BCUT2D eigenvalue weighted by Gasteiger charge is 2.28. The Balaban J connectivity index is 1.79. The molecule has 0 amide bonds. The van der Waals surface area contributed by atoms with E-state index >= 15 is 0 Å². The van der Waals surface area contributed by atoms with Crippen LogP contribution < -0.4 is 5.32 Å². The van der Waals surface area contributed by atoms with Gasteiger partial charge in [-0.1, -0.05) is 6.07 Å². The van der Waals surface area contributed by atoms with Crippen molar-refractivity contribution in [1.82, 2.24) is 19.9 Å². The van der Waals surface area contributed by atoms with E-state index in [1.54, 1.807) is 0 Å². The predicted molar refractivity (Wildman–Crippen MR) is 79.5 cm³/mol. The fourth-order valence-electron chi connectivity index (χ4n) is 2.94. The molecule has 2 aromatic rings. The Kier molecular flexibility index (Phi) is 3.69. The van der Waals surface area contributed by atoms with Gasteiger partial charge in [-0.2, -0.15) is 0 Å². The molecule has 106 valence electrons. The van der Waals surface area contributed by atoms with Gasteiger partial charge in [-0.3, -0.25) is 4.90 Å². The number of likely N-dealkylation sites (tertiary alicyclic amines) is 1. The quantitative estimate of drug-likeness (QED) is 0.897. The first-order valence-electron chi connectivity index (χ1n) is 7.15. The van der Waals surface area contributed by atoms with Gasteiger partial charge in [-0.25, -0.2) is 9.97 Å². The van der Waals surface area contributed by atoms with Crippen LogP contribution in [0.5, 0.6) is 0 Å². The van der Waals surface area contributed by atoms with E-state index < -0.39 is 0 Å². The lowest BCUT2D eigenvalue weighted by Gasteiger charge is -2.23. The number of rotatable bonds is 4. The molecular formula is C15H21N5. The number of hydrogen-bond acceptors (Lipinski definition) is 4. The minimum Gasteiger partial charge on any atom is -0.373 e. The number of aromatic amines is 1. The van der Waals surface area contributed by atoms with E-state index in [1.807, 2.05) is 25.5 Å². The highest BCUT2D eigenvalue weighted by atomic mass is 15.2. The summed E-state index contributed by atoms with van der Waals surface area (Å²) in [6, 6.07) is 4.54. The summed E-state index contributed by atoms with van der Waals surface area (Å²) in [7, 11) is 1.92. The molecule has 0 bridgehead atoms. The summed E-state index contributed by atoms with van der Waals surface area (Å²) in [6.45, 7) is 4.08. The zero-order valence-corrected chi connectivity index (χ0v) is 12.1. The van der Waals surface area contributed by atoms with Gasteiger partial charge in [0.15, 0.2) is 0 Å². The first-order chi connectivity index (χ1) is 9.78. The average molecular weight is 271 g/mol. The maximum absolute atomic E-state index is 4.50. The molecule has 1 atom stereocenters. The predicted octanol–water partition coefficient (Wildman–Crippen LogP) is 2.49. The van der Waals surface area contributed by atoms with Crippen molar-refractivity contribution >= 4 is 5.82 Å². The van der Waals surface area contributed by atoms with Crippen LogP contribution in [0.3, 0.4) is 0 Å². The normalized spacial score (nSPS) is 19.4. The smallest absolute Gasteiger partial charge is 0.130 e. The number of anilines is 1. The van der Waals surface area contributed by atoms with Crippen LogP contribution in [0.2, 0.25) is 0 Å². The van der Waals surface area contributed by atoms with Crippen molar-refractivity contribution < 1.29 is 0 Å². The molecule has 1 fully saturated rings. The van der Waals surface area contributed by atoms with Crippen LogP contribution in [0.4, 0.5) is 5.82 Å². The third-order valence-corrected chi connectivity index (χ3v) is 3.90. The minimum atomic E-state index is 0.397. The molecular weight excluding hydrogens is 250 g/mol. The largest absolute Gasteiger partial charge is 0.373 e. The van der Waals surface area contributed by atoms with E-state index in [0.717, 1.165) is 30.4 Å². The summed E-state index contributed by atoms with van der Waals surface area (Å²) >= 11 is 0. The second kappa shape index (κ2) is 5.63. The summed E-state index contributed by atoms with van der Waals surface area (Å²) in [5, 5.41) is 3.17. The standard InChI is InChI=1S/C15H21N5/c1-11-9-18-15(19-11)13-6-4-8-20(13)10-12-5-3-7-17-14(12)16-2/h3,5,7,9,13H,4,6,8,10H2,1-2H3,(H,16,17)(H,18,19)/t13-/m0/s1. The molecule has 3 heterocycles. The zero-order chi connectivity index (χ0) is 13.9. The third kappa shape index (κ3) is 2.54. The molecule has 0 radical (unpaired) electrons. The first kappa shape index (κ1) is 13.1. The maximum Gasteiger partial charge on any atom is 0.130 e. The molecule has 3 rings (SSSR count). The van der Waals surface area contributed by atoms with Gasteiger partial charge in [0.25, 0.3) is 0 Å². The Bertz CT molecular complexity index is 577. The fraction of sp³-hybridized carbons (Fsp3) is 0.467. The number of hydrogen-bond donors (Lipinski definition) is 2. The Labute approximate surface area is 119 Å². The highest BCUT2D eigenvalue weighted by molar-refractivity contribution is 5.42. The van der Waals surface area contributed by atoms with Crippen LogP contribution in [0.1, 0.15) is 36.0 Å². The van der Waals surface area contributed by atoms with Crippen molar-refractivity contribution in [2.75, 3.05) is 18.9 Å². The van der Waals surface area contributed by atoms with Crippen LogP contribution in [-0.2, 0) is 6.54 Å². The molecule has 0 aromatic carbocycles. The van der Waals surface area contributed by atoms with Crippen molar-refractivity contribution in [3.05, 3.63) is 41.6 Å². The molecule has 0 unspecified atom stereocenters. The summed E-state index contributed by atoms with van der Waals surface area (Å²) < 4.78 is 0. The lowest BCUT2D eigenvalue weighted by Crippen LogP contribution is -2.24. The van der Waals surface area contributed by atoms with Crippen LogP contribution in [-0.4, -0.2) is 33.4 Å². The summed E-state index contributed by atoms with van der Waals surface area (Å²) in [5.74, 6) is 2.06. The van der Waals surface area contributed by atoms with Gasteiger partial charge in [0.05, 0.1) is 6.04 Å². The van der Waals surface area contributed by atoms with Crippen LogP contribution in [0, 0.1) is 6.92 Å². The second-order valence-corrected chi connectivity index (χ2v) is 5.34. The Hall–Kier alpha value is -1.88. The van der Waals surface area contributed by atoms with Gasteiger partial charge in [0.2, 0.25) is 0 Å². The molecule has 20 heavy (non-hydrogen) atoms. The molecule has 1 aliphatic heterocycles. The number of nitrogens with one attached hydrogen (secondary N) is 2. The molecule has 5 heteroatoms. The van der Waals surface area contributed by atoms with Gasteiger partial charge >= 0.3 is 0 Å². The average Bonchev–Trinajstić information content (AvgIpc) is 3.08. The van der Waals surface area contributed by atoms with Gasteiger partial charge in [0, 0.05) is 37.2 Å². The van der Waals surface area contributed by atoms with Crippen molar-refractivity contribution in [3.8, 4) is 0 Å². The summed E-state index contributed by atoms with van der Waals surface area (Å²) in [6.07, 6.45) is 6.13. The third-order valence-electron chi connectivity index (χ3n) is 3.90. The van der Waals surface area contributed by atoms with Crippen molar-refractivity contribution in [3.63, 3.8) is 0 Å². The summed E-state index contributed by atoms with van der Waals surface area (Å²) in [4.78, 5) is 14.7. The number of nitrogens with zero attached hydrogens (tertiary/aromatic N) is 3. The summed E-state index contributed by atoms with van der Waals surface area (Å²) in [5.41, 5.74) is 2.37. The van der Waals surface area contributed by atoms with Crippen molar-refractivity contribution in [2.24, 2.45) is 0 Å². The van der Waals surface area contributed by atoms with E-state index in [9.17, 15) is 0 Å². The van der Waals surface area contributed by atoms with Gasteiger partial charge < -0.3 is 10.3 Å². The maximum atomic E-state index is 4.50. The Morgan fingerprint density at radius 1 is 1.45 bits per heavy atom. The van der Waals surface area contributed by atoms with Gasteiger partial charge in [0.1, 0.15) is 11.6 Å². The van der Waals surface area contributed by atoms with E-state index in [0.29, 0.717) is 6.04 Å². The van der Waals surface area contributed by atoms with Crippen LogP contribution in [0.15, 0.2) is 24.5 Å². The monoisotopic (exact) mass is 271 g/mol. The molecule has 1 aliphatic rings. The highest BCUT2D eigenvalue weighted by Crippen LogP contribution is 2.32. The molecule has 0 spiro atoms. The van der Waals surface area contributed by atoms with Crippen molar-refractivity contribution in [2.45, 2.75) is 32.4 Å². The molecule has 0 saturated carbocycles. The van der Waals surface area contributed by atoms with Crippen LogP contribution >= 0.6 is 0 Å². The Morgan fingerprint density at radius 3 is 3.10 bits per heavy atom. The Morgan fingerprint density at radius 2 is 2.35 bits per heavy atom. The number of H-pyrrole nitrogens is 1. The lowest BCUT2D eigenvalue weighted by molar-refractivity contribution is 0.241. The molecule has 5 nitrogen and oxygen atoms in total. The van der Waals surface area contributed by atoms with E-state index in [1.165, 1.54) is 18.4 Å². The van der Waals surface area contributed by atoms with Gasteiger partial charge in [-0.15, -0.1) is 0 Å². The number of imidazole rings is 1. The number of aromatic nitrogens is 3. The SMILES string of the molecule is CNc1ncccc1CN1CCC[C@H]1c1ncc(C)[nH]1. The second-order valence-electron chi connectivity index (χ2n) is 5.34. The lowest BCUT2D eigenvalue weighted by atomic mass is 10.2. The fourth-order valence-corrected chi connectivity index (χ4v) is 2.94. The topological polar surface area (TPSA) is 56.8 Å². The van der Waals surface area contributed by atoms with Gasteiger partial charge in [-0.05, 0) is 32.4 Å². The van der Waals surface area contributed by atoms with Crippen LogP contribution in [0.25, 0.3) is 0 Å². The van der Waals surface area contributed by atoms with E-state index in [2.05, 4.69) is 38.2 Å². The number of aryl methyl sites for hydroxylation is 1. The van der Waals surface area contributed by atoms with E-state index in [-0.39, 0.29) is 0 Å². The molecule has 2 aromatic heterocycles. The zero-order valence-electron chi connectivity index (χ0n) is 12.1. The van der Waals surface area contributed by atoms with E-state index in [4.69, 9.17) is 0 Å². The first-order valence-corrected chi connectivity index (χ1v) is 7.15. The molecule has 1 saturated heterocycles. The van der Waals surface area contributed by atoms with Crippen molar-refractivity contribution in [1.29, 1.82) is 0 Å². The number of pyridine rings is 1.